The van der Waals surface area contributed by atoms with E-state index in [1.165, 1.54) is 48.8 Å². The highest BCUT2D eigenvalue weighted by molar-refractivity contribution is 9.10. The Morgan fingerprint density at radius 3 is 2.80 bits per heavy atom. The Bertz CT molecular complexity index is 371. The Labute approximate surface area is 99.6 Å². The summed E-state index contributed by atoms with van der Waals surface area (Å²) in [5, 5.41) is 0. The van der Waals surface area contributed by atoms with Gasteiger partial charge < -0.3 is 0 Å². The van der Waals surface area contributed by atoms with Crippen LogP contribution in [0.25, 0.3) is 0 Å². The van der Waals surface area contributed by atoms with Crippen LogP contribution in [0.15, 0.2) is 22.7 Å². The number of halogens is 1. The molecule has 1 heterocycles. The summed E-state index contributed by atoms with van der Waals surface area (Å²) in [5.41, 5.74) is 3.08. The molecule has 0 radical (unpaired) electrons. The average Bonchev–Trinajstić information content (AvgIpc) is 2.15. The van der Waals surface area contributed by atoms with Crippen LogP contribution in [0.4, 0.5) is 0 Å². The molecular formula is C13H16BrN. The highest BCUT2D eigenvalue weighted by Gasteiger charge is 2.27. The topological polar surface area (TPSA) is 3.24 Å². The van der Waals surface area contributed by atoms with Crippen LogP contribution in [0.1, 0.15) is 30.4 Å². The van der Waals surface area contributed by atoms with Gasteiger partial charge in [0.1, 0.15) is 0 Å². The zero-order chi connectivity index (χ0) is 10.3. The van der Waals surface area contributed by atoms with E-state index in [0.717, 1.165) is 6.04 Å². The second-order valence-corrected chi connectivity index (χ2v) is 5.63. The molecule has 1 aromatic carbocycles. The van der Waals surface area contributed by atoms with Crippen molar-refractivity contribution in [3.8, 4) is 0 Å². The molecule has 15 heavy (non-hydrogen) atoms. The monoisotopic (exact) mass is 265 g/mol. The first-order chi connectivity index (χ1) is 7.33. The predicted molar refractivity (Wildman–Crippen MR) is 65.9 cm³/mol. The molecule has 2 heteroatoms. The highest BCUT2D eigenvalue weighted by Crippen LogP contribution is 2.30. The van der Waals surface area contributed by atoms with E-state index in [1.807, 2.05) is 0 Å². The molecule has 0 unspecified atom stereocenters. The van der Waals surface area contributed by atoms with Crippen LogP contribution in [0.3, 0.4) is 0 Å². The number of rotatable bonds is 1. The normalized spacial score (nSPS) is 22.2. The summed E-state index contributed by atoms with van der Waals surface area (Å²) in [6, 6.07) is 7.63. The molecule has 1 aliphatic carbocycles. The van der Waals surface area contributed by atoms with Gasteiger partial charge in [0.15, 0.2) is 0 Å². The number of hydrogen-bond donors (Lipinski definition) is 0. The van der Waals surface area contributed by atoms with Gasteiger partial charge in [-0.1, -0.05) is 28.4 Å². The van der Waals surface area contributed by atoms with Crippen LogP contribution in [0, 0.1) is 0 Å². The quantitative estimate of drug-likeness (QED) is 0.753. The SMILES string of the molecule is Brc1ccc2c(c1)CCN(C1CCC1)C2. The van der Waals surface area contributed by atoms with E-state index in [4.69, 9.17) is 0 Å². The minimum atomic E-state index is 0.891. The van der Waals surface area contributed by atoms with Crippen LogP contribution >= 0.6 is 15.9 Å². The lowest BCUT2D eigenvalue weighted by Crippen LogP contribution is -2.42. The molecule has 2 aliphatic rings. The summed E-state index contributed by atoms with van der Waals surface area (Å²) >= 11 is 3.55. The van der Waals surface area contributed by atoms with Gasteiger partial charge in [-0.15, -0.1) is 0 Å². The van der Waals surface area contributed by atoms with Crippen LogP contribution in [-0.4, -0.2) is 17.5 Å². The number of benzene rings is 1. The van der Waals surface area contributed by atoms with Gasteiger partial charge in [0, 0.05) is 23.6 Å². The van der Waals surface area contributed by atoms with Crippen molar-refractivity contribution >= 4 is 15.9 Å². The van der Waals surface area contributed by atoms with Crippen molar-refractivity contribution < 1.29 is 0 Å². The van der Waals surface area contributed by atoms with Gasteiger partial charge in [-0.2, -0.15) is 0 Å². The number of nitrogens with zero attached hydrogens (tertiary/aromatic N) is 1. The average molecular weight is 266 g/mol. The summed E-state index contributed by atoms with van der Waals surface area (Å²) in [6.07, 6.45) is 5.51. The molecule has 0 amide bonds. The van der Waals surface area contributed by atoms with Crippen molar-refractivity contribution in [2.24, 2.45) is 0 Å². The maximum absolute atomic E-state index is 3.55. The molecule has 0 N–H and O–H groups in total. The van der Waals surface area contributed by atoms with E-state index in [0.29, 0.717) is 0 Å². The Morgan fingerprint density at radius 2 is 2.07 bits per heavy atom. The van der Waals surface area contributed by atoms with E-state index in [2.05, 4.69) is 39.0 Å². The number of hydrogen-bond acceptors (Lipinski definition) is 1. The second kappa shape index (κ2) is 3.91. The van der Waals surface area contributed by atoms with Gasteiger partial charge >= 0.3 is 0 Å². The van der Waals surface area contributed by atoms with Crippen molar-refractivity contribution in [3.63, 3.8) is 0 Å². The zero-order valence-electron chi connectivity index (χ0n) is 8.88. The highest BCUT2D eigenvalue weighted by atomic mass is 79.9. The van der Waals surface area contributed by atoms with Crippen molar-refractivity contribution in [2.75, 3.05) is 6.54 Å². The molecule has 1 aliphatic heterocycles. The Hall–Kier alpha value is -0.340. The van der Waals surface area contributed by atoms with Crippen molar-refractivity contribution in [1.82, 2.24) is 4.90 Å². The standard InChI is InChI=1S/C13H16BrN/c14-12-5-4-11-9-15(13-2-1-3-13)7-6-10(11)8-12/h4-5,8,13H,1-3,6-7,9H2. The van der Waals surface area contributed by atoms with Gasteiger partial charge in [-0.05, 0) is 42.5 Å². The molecule has 0 bridgehead atoms. The predicted octanol–water partition coefficient (Wildman–Crippen LogP) is 3.36. The molecule has 1 nitrogen and oxygen atoms in total. The summed E-state index contributed by atoms with van der Waals surface area (Å²) in [5.74, 6) is 0. The third kappa shape index (κ3) is 1.85. The molecule has 1 saturated carbocycles. The molecular weight excluding hydrogens is 250 g/mol. The van der Waals surface area contributed by atoms with Crippen molar-refractivity contribution in [1.29, 1.82) is 0 Å². The zero-order valence-corrected chi connectivity index (χ0v) is 10.5. The fourth-order valence-corrected chi connectivity index (χ4v) is 3.02. The largest absolute Gasteiger partial charge is 0.296 e. The second-order valence-electron chi connectivity index (χ2n) is 4.72. The van der Waals surface area contributed by atoms with E-state index in [9.17, 15) is 0 Å². The fourth-order valence-electron chi connectivity index (χ4n) is 2.61. The summed E-state index contributed by atoms with van der Waals surface area (Å²) in [7, 11) is 0. The van der Waals surface area contributed by atoms with Gasteiger partial charge in [0.25, 0.3) is 0 Å². The first-order valence-electron chi connectivity index (χ1n) is 5.84. The number of fused-ring (bicyclic) bond motifs is 1. The molecule has 80 valence electrons. The van der Waals surface area contributed by atoms with E-state index in [1.54, 1.807) is 5.56 Å². The van der Waals surface area contributed by atoms with Crippen LogP contribution in [-0.2, 0) is 13.0 Å². The molecule has 0 atom stereocenters. The maximum Gasteiger partial charge on any atom is 0.0239 e. The molecule has 1 aromatic rings. The summed E-state index contributed by atoms with van der Waals surface area (Å²) in [4.78, 5) is 2.67. The third-order valence-electron chi connectivity index (χ3n) is 3.80. The molecule has 1 fully saturated rings. The lowest BCUT2D eigenvalue weighted by atomic mass is 9.89. The molecule has 3 rings (SSSR count). The summed E-state index contributed by atoms with van der Waals surface area (Å²) < 4.78 is 1.22. The first-order valence-corrected chi connectivity index (χ1v) is 6.63. The van der Waals surface area contributed by atoms with Gasteiger partial charge in [0.2, 0.25) is 0 Å². The molecule has 0 aromatic heterocycles. The Balaban J connectivity index is 1.80. The lowest BCUT2D eigenvalue weighted by Gasteiger charge is -2.40. The molecule has 0 spiro atoms. The van der Waals surface area contributed by atoms with E-state index < -0.39 is 0 Å². The van der Waals surface area contributed by atoms with E-state index >= 15 is 0 Å². The summed E-state index contributed by atoms with van der Waals surface area (Å²) in [6.45, 7) is 2.43. The Kier molecular flexibility index (Phi) is 2.57. The van der Waals surface area contributed by atoms with Crippen LogP contribution in [0.2, 0.25) is 0 Å². The minimum absolute atomic E-state index is 0.891. The van der Waals surface area contributed by atoms with Gasteiger partial charge in [-0.3, -0.25) is 4.90 Å². The smallest absolute Gasteiger partial charge is 0.0239 e. The van der Waals surface area contributed by atoms with Gasteiger partial charge in [-0.25, -0.2) is 0 Å². The van der Waals surface area contributed by atoms with Crippen molar-refractivity contribution in [3.05, 3.63) is 33.8 Å². The van der Waals surface area contributed by atoms with Gasteiger partial charge in [0.05, 0.1) is 0 Å². The van der Waals surface area contributed by atoms with Crippen molar-refractivity contribution in [2.45, 2.75) is 38.3 Å². The Morgan fingerprint density at radius 1 is 1.20 bits per heavy atom. The first kappa shape index (κ1) is 9.86. The van der Waals surface area contributed by atoms with E-state index in [-0.39, 0.29) is 0 Å². The van der Waals surface area contributed by atoms with Crippen LogP contribution < -0.4 is 0 Å². The minimum Gasteiger partial charge on any atom is -0.296 e. The fraction of sp³-hybridized carbons (Fsp3) is 0.538. The lowest BCUT2D eigenvalue weighted by molar-refractivity contribution is 0.113. The molecule has 0 saturated heterocycles. The maximum atomic E-state index is 3.55. The van der Waals surface area contributed by atoms with Crippen LogP contribution in [0.5, 0.6) is 0 Å². The third-order valence-corrected chi connectivity index (χ3v) is 4.29.